The van der Waals surface area contributed by atoms with Crippen LogP contribution in [0.1, 0.15) is 49.3 Å². The largest absolute Gasteiger partial charge is 0.493 e. The van der Waals surface area contributed by atoms with Gasteiger partial charge in [-0.25, -0.2) is 0 Å². The molecule has 1 aromatic rings. The minimum atomic E-state index is -0.944. The van der Waals surface area contributed by atoms with Crippen LogP contribution in [0, 0.1) is 6.92 Å². The monoisotopic (exact) mass is 249 g/mol. The molecule has 0 saturated heterocycles. The number of fused-ring (bicyclic) bond motifs is 1. The summed E-state index contributed by atoms with van der Waals surface area (Å²) >= 11 is 0. The van der Waals surface area contributed by atoms with E-state index in [0.717, 1.165) is 28.9 Å². The van der Waals surface area contributed by atoms with Gasteiger partial charge in [-0.15, -0.1) is 0 Å². The first-order chi connectivity index (χ1) is 8.49. The number of ether oxygens (including phenoxy) is 1. The highest BCUT2D eigenvalue weighted by Crippen LogP contribution is 2.42. The van der Waals surface area contributed by atoms with Gasteiger partial charge < -0.3 is 15.6 Å². The predicted molar refractivity (Wildman–Crippen MR) is 72.9 cm³/mol. The summed E-state index contributed by atoms with van der Waals surface area (Å²) in [5, 5.41) is 10.8. The maximum absolute atomic E-state index is 10.8. The van der Waals surface area contributed by atoms with Crippen molar-refractivity contribution >= 4 is 0 Å². The third-order valence-electron chi connectivity index (χ3n) is 3.80. The van der Waals surface area contributed by atoms with Crippen molar-refractivity contribution in [2.24, 2.45) is 5.73 Å². The van der Waals surface area contributed by atoms with E-state index < -0.39 is 5.60 Å². The summed E-state index contributed by atoms with van der Waals surface area (Å²) in [4.78, 5) is 0. The number of rotatable bonds is 2. The number of aryl methyl sites for hydroxylation is 1. The van der Waals surface area contributed by atoms with Gasteiger partial charge in [-0.2, -0.15) is 0 Å². The summed E-state index contributed by atoms with van der Waals surface area (Å²) in [6.45, 7) is 7.18. The average molecular weight is 249 g/mol. The Hall–Kier alpha value is -1.06. The van der Waals surface area contributed by atoms with Gasteiger partial charge in [0.25, 0.3) is 0 Å². The summed E-state index contributed by atoms with van der Waals surface area (Å²) in [6, 6.07) is 4.16. The minimum Gasteiger partial charge on any atom is -0.493 e. The van der Waals surface area contributed by atoms with Crippen LogP contribution >= 0.6 is 0 Å². The second-order valence-electron chi connectivity index (χ2n) is 5.52. The lowest BCUT2D eigenvalue weighted by molar-refractivity contribution is 0.0368. The predicted octanol–water partition coefficient (Wildman–Crippen LogP) is 2.44. The van der Waals surface area contributed by atoms with Crippen molar-refractivity contribution in [2.75, 3.05) is 13.2 Å². The molecule has 1 unspecified atom stereocenters. The molecule has 3 N–H and O–H groups in total. The summed E-state index contributed by atoms with van der Waals surface area (Å²) in [7, 11) is 0. The summed E-state index contributed by atoms with van der Waals surface area (Å²) < 4.78 is 5.90. The first kappa shape index (κ1) is 13.4. The average Bonchev–Trinajstić information content (AvgIpc) is 2.50. The highest BCUT2D eigenvalue weighted by Gasteiger charge is 2.35. The number of benzene rings is 1. The molecule has 1 heterocycles. The minimum absolute atomic E-state index is 0.242. The van der Waals surface area contributed by atoms with E-state index in [2.05, 4.69) is 26.0 Å². The Balaban J connectivity index is 2.67. The fourth-order valence-electron chi connectivity index (χ4n) is 2.75. The van der Waals surface area contributed by atoms with Crippen molar-refractivity contribution in [2.45, 2.75) is 45.1 Å². The van der Waals surface area contributed by atoms with E-state index in [-0.39, 0.29) is 6.54 Å². The maximum Gasteiger partial charge on any atom is 0.129 e. The fraction of sp³-hybridized carbons (Fsp3) is 0.600. The number of nitrogens with two attached hydrogens (primary N) is 1. The van der Waals surface area contributed by atoms with Crippen LogP contribution < -0.4 is 10.5 Å². The standard InChI is InChI=1S/C15H23NO2/c1-10(2)12-6-5-11(3)13-14(12)18-8-4-7-15(13,17)9-16/h5-6,10,17H,4,7-9,16H2,1-3H3. The lowest BCUT2D eigenvalue weighted by Crippen LogP contribution is -2.35. The van der Waals surface area contributed by atoms with Crippen LogP contribution in [-0.4, -0.2) is 18.3 Å². The van der Waals surface area contributed by atoms with Gasteiger partial charge in [-0.05, 0) is 36.8 Å². The number of hydrogen-bond donors (Lipinski definition) is 2. The van der Waals surface area contributed by atoms with E-state index in [0.29, 0.717) is 18.9 Å². The van der Waals surface area contributed by atoms with Crippen molar-refractivity contribution in [3.05, 3.63) is 28.8 Å². The Morgan fingerprint density at radius 2 is 2.17 bits per heavy atom. The first-order valence-corrected chi connectivity index (χ1v) is 6.69. The quantitative estimate of drug-likeness (QED) is 0.846. The SMILES string of the molecule is Cc1ccc(C(C)C)c2c1C(O)(CN)CCCO2. The molecule has 0 amide bonds. The highest BCUT2D eigenvalue weighted by atomic mass is 16.5. The zero-order valence-electron chi connectivity index (χ0n) is 11.5. The molecule has 0 spiro atoms. The van der Waals surface area contributed by atoms with Crippen molar-refractivity contribution < 1.29 is 9.84 Å². The van der Waals surface area contributed by atoms with Gasteiger partial charge in [0.05, 0.1) is 6.61 Å². The van der Waals surface area contributed by atoms with Gasteiger partial charge in [-0.3, -0.25) is 0 Å². The zero-order chi connectivity index (χ0) is 13.3. The van der Waals surface area contributed by atoms with Crippen LogP contribution in [-0.2, 0) is 5.60 Å². The van der Waals surface area contributed by atoms with Gasteiger partial charge >= 0.3 is 0 Å². The van der Waals surface area contributed by atoms with E-state index in [4.69, 9.17) is 10.5 Å². The summed E-state index contributed by atoms with van der Waals surface area (Å²) in [5.74, 6) is 1.23. The molecule has 0 radical (unpaired) electrons. The second-order valence-corrected chi connectivity index (χ2v) is 5.52. The molecule has 1 aliphatic rings. The third kappa shape index (κ3) is 2.13. The molecule has 18 heavy (non-hydrogen) atoms. The van der Waals surface area contributed by atoms with E-state index in [1.807, 2.05) is 6.92 Å². The molecule has 0 aromatic heterocycles. The Kier molecular flexibility index (Phi) is 3.64. The highest BCUT2D eigenvalue weighted by molar-refractivity contribution is 5.51. The van der Waals surface area contributed by atoms with Gasteiger partial charge in [0, 0.05) is 12.1 Å². The summed E-state index contributed by atoms with van der Waals surface area (Å²) in [6.07, 6.45) is 1.50. The third-order valence-corrected chi connectivity index (χ3v) is 3.80. The van der Waals surface area contributed by atoms with Crippen LogP contribution in [0.4, 0.5) is 0 Å². The summed E-state index contributed by atoms with van der Waals surface area (Å²) in [5.41, 5.74) is 7.98. The van der Waals surface area contributed by atoms with Gasteiger partial charge in [0.2, 0.25) is 0 Å². The molecule has 3 heteroatoms. The van der Waals surface area contributed by atoms with Crippen LogP contribution in [0.3, 0.4) is 0 Å². The molecule has 1 atom stereocenters. The van der Waals surface area contributed by atoms with Crippen molar-refractivity contribution in [3.8, 4) is 5.75 Å². The van der Waals surface area contributed by atoms with Crippen LogP contribution in [0.25, 0.3) is 0 Å². The van der Waals surface area contributed by atoms with Gasteiger partial charge in [0.1, 0.15) is 11.4 Å². The smallest absolute Gasteiger partial charge is 0.129 e. The Morgan fingerprint density at radius 3 is 2.78 bits per heavy atom. The zero-order valence-corrected chi connectivity index (χ0v) is 11.5. The first-order valence-electron chi connectivity index (χ1n) is 6.69. The van der Waals surface area contributed by atoms with Crippen molar-refractivity contribution in [1.29, 1.82) is 0 Å². The van der Waals surface area contributed by atoms with Crippen LogP contribution in [0.5, 0.6) is 5.75 Å². The topological polar surface area (TPSA) is 55.5 Å². The number of hydrogen-bond acceptors (Lipinski definition) is 3. The molecular weight excluding hydrogens is 226 g/mol. The molecule has 0 aliphatic carbocycles. The lowest BCUT2D eigenvalue weighted by atomic mass is 9.83. The molecule has 1 aliphatic heterocycles. The maximum atomic E-state index is 10.8. The Morgan fingerprint density at radius 1 is 1.44 bits per heavy atom. The molecule has 3 nitrogen and oxygen atoms in total. The Labute approximate surface area is 109 Å². The number of aliphatic hydroxyl groups is 1. The lowest BCUT2D eigenvalue weighted by Gasteiger charge is -2.29. The van der Waals surface area contributed by atoms with E-state index in [1.165, 1.54) is 0 Å². The molecule has 0 bridgehead atoms. The normalized spacial score (nSPS) is 23.4. The van der Waals surface area contributed by atoms with Crippen LogP contribution in [0.15, 0.2) is 12.1 Å². The van der Waals surface area contributed by atoms with E-state index in [1.54, 1.807) is 0 Å². The molecule has 1 aromatic carbocycles. The molecular formula is C15H23NO2. The van der Waals surface area contributed by atoms with Crippen molar-refractivity contribution in [3.63, 3.8) is 0 Å². The molecule has 2 rings (SSSR count). The molecule has 100 valence electrons. The van der Waals surface area contributed by atoms with Gasteiger partial charge in [-0.1, -0.05) is 26.0 Å². The Bertz CT molecular complexity index is 442. The second kappa shape index (κ2) is 4.90. The van der Waals surface area contributed by atoms with E-state index in [9.17, 15) is 5.11 Å². The molecule has 0 fully saturated rings. The van der Waals surface area contributed by atoms with Gasteiger partial charge in [0.15, 0.2) is 0 Å². The molecule has 0 saturated carbocycles. The van der Waals surface area contributed by atoms with Crippen molar-refractivity contribution in [1.82, 2.24) is 0 Å². The fourth-order valence-corrected chi connectivity index (χ4v) is 2.75. The van der Waals surface area contributed by atoms with E-state index >= 15 is 0 Å². The van der Waals surface area contributed by atoms with Crippen LogP contribution in [0.2, 0.25) is 0 Å².